The van der Waals surface area contributed by atoms with E-state index in [2.05, 4.69) is 66.1 Å². The van der Waals surface area contributed by atoms with Crippen molar-refractivity contribution < 1.29 is 4.74 Å². The van der Waals surface area contributed by atoms with Gasteiger partial charge in [0.1, 0.15) is 12.7 Å². The van der Waals surface area contributed by atoms with E-state index in [1.54, 1.807) is 23.5 Å². The van der Waals surface area contributed by atoms with Gasteiger partial charge in [0.05, 0.1) is 19.5 Å². The van der Waals surface area contributed by atoms with E-state index in [1.807, 2.05) is 54.1 Å². The molecule has 1 aliphatic rings. The standard InChI is InChI=1S/C7H15NO.C6H10N2.C5H9N3.3C2H6/c1-7(2)8-3-5-9-6-4-8;1-6(2)8-4-3-7-5-8;1-5(2)8-4-6-3-7-8;3*1-2/h7H,3-6H2,1-2H3;3-6H,1-2H3;3-5H,1-2H3;3*1-2H3. The number of hydrogen-bond donors (Lipinski definition) is 0. The SMILES string of the molecule is CC.CC.CC.CC(C)N1CCOCC1.CC(C)n1ccnc1.CC(C)n1cncn1. The molecule has 0 aliphatic carbocycles. The number of rotatable bonds is 3. The summed E-state index contributed by atoms with van der Waals surface area (Å²) in [5.41, 5.74) is 0. The summed E-state index contributed by atoms with van der Waals surface area (Å²) in [6.07, 6.45) is 8.83. The first-order valence-corrected chi connectivity index (χ1v) is 12.0. The molecule has 184 valence electrons. The maximum Gasteiger partial charge on any atom is 0.137 e. The van der Waals surface area contributed by atoms with Gasteiger partial charge in [-0.25, -0.2) is 9.97 Å². The average molecular weight is 441 g/mol. The lowest BCUT2D eigenvalue weighted by Gasteiger charge is -2.29. The normalized spacial score (nSPS) is 12.6. The highest BCUT2D eigenvalue weighted by molar-refractivity contribution is 4.76. The van der Waals surface area contributed by atoms with Gasteiger partial charge in [-0.2, -0.15) is 5.10 Å². The first-order chi connectivity index (χ1) is 14.9. The highest BCUT2D eigenvalue weighted by atomic mass is 16.5. The molecule has 7 heteroatoms. The van der Waals surface area contributed by atoms with E-state index in [0.717, 1.165) is 26.3 Å². The van der Waals surface area contributed by atoms with E-state index < -0.39 is 0 Å². The molecule has 31 heavy (non-hydrogen) atoms. The van der Waals surface area contributed by atoms with Crippen molar-refractivity contribution in [3.05, 3.63) is 31.4 Å². The first kappa shape index (κ1) is 33.9. The molecule has 0 spiro atoms. The summed E-state index contributed by atoms with van der Waals surface area (Å²) in [5, 5.41) is 3.92. The monoisotopic (exact) mass is 440 g/mol. The van der Waals surface area contributed by atoms with Crippen molar-refractivity contribution in [2.75, 3.05) is 26.3 Å². The Balaban J connectivity index is -0.000000338. The molecule has 0 aromatic carbocycles. The van der Waals surface area contributed by atoms with Crippen molar-refractivity contribution in [1.29, 1.82) is 0 Å². The molecule has 3 rings (SSSR count). The minimum atomic E-state index is 0.428. The number of imidazole rings is 1. The van der Waals surface area contributed by atoms with E-state index in [9.17, 15) is 0 Å². The molecule has 1 fully saturated rings. The van der Waals surface area contributed by atoms with Crippen LogP contribution in [0, 0.1) is 0 Å². The smallest absolute Gasteiger partial charge is 0.137 e. The maximum absolute atomic E-state index is 5.21. The van der Waals surface area contributed by atoms with Crippen LogP contribution < -0.4 is 0 Å². The fourth-order valence-corrected chi connectivity index (χ4v) is 2.15. The Hall–Kier alpha value is -1.73. The zero-order valence-corrected chi connectivity index (χ0v) is 22.5. The van der Waals surface area contributed by atoms with Crippen molar-refractivity contribution in [3.8, 4) is 0 Å². The van der Waals surface area contributed by atoms with E-state index >= 15 is 0 Å². The molecule has 0 N–H and O–H groups in total. The van der Waals surface area contributed by atoms with Crippen LogP contribution in [0.3, 0.4) is 0 Å². The third-order valence-corrected chi connectivity index (χ3v) is 3.86. The van der Waals surface area contributed by atoms with Gasteiger partial charge < -0.3 is 9.30 Å². The predicted octanol–water partition coefficient (Wildman–Crippen LogP) is 6.13. The Morgan fingerprint density at radius 1 is 0.710 bits per heavy atom. The zero-order valence-electron chi connectivity index (χ0n) is 22.5. The molecule has 2 aromatic rings. The molecular weight excluding hydrogens is 388 g/mol. The number of ether oxygens (including phenoxy) is 1. The number of nitrogens with zero attached hydrogens (tertiary/aromatic N) is 6. The molecular formula is C24H52N6O. The third-order valence-electron chi connectivity index (χ3n) is 3.86. The van der Waals surface area contributed by atoms with Gasteiger partial charge in [0.2, 0.25) is 0 Å². The summed E-state index contributed by atoms with van der Waals surface area (Å²) in [5.74, 6) is 0. The molecule has 0 radical (unpaired) electrons. The topological polar surface area (TPSA) is 61.0 Å². The summed E-state index contributed by atoms with van der Waals surface area (Å²) in [6.45, 7) is 28.9. The van der Waals surface area contributed by atoms with Crippen LogP contribution in [0.15, 0.2) is 31.4 Å². The molecule has 3 heterocycles. The second-order valence-corrected chi connectivity index (χ2v) is 6.81. The fourth-order valence-electron chi connectivity index (χ4n) is 2.15. The molecule has 0 amide bonds. The van der Waals surface area contributed by atoms with Crippen molar-refractivity contribution >= 4 is 0 Å². The highest BCUT2D eigenvalue weighted by Gasteiger charge is 2.11. The molecule has 0 atom stereocenters. The zero-order chi connectivity index (χ0) is 24.7. The Kier molecular flexibility index (Phi) is 26.8. The fraction of sp³-hybridized carbons (Fsp3) is 0.792. The molecule has 0 bridgehead atoms. The lowest BCUT2D eigenvalue weighted by atomic mass is 10.3. The second-order valence-electron chi connectivity index (χ2n) is 6.81. The van der Waals surface area contributed by atoms with Crippen LogP contribution in [-0.2, 0) is 4.74 Å². The molecule has 7 nitrogen and oxygen atoms in total. The highest BCUT2D eigenvalue weighted by Crippen LogP contribution is 2.01. The van der Waals surface area contributed by atoms with Crippen LogP contribution in [-0.4, -0.2) is 61.6 Å². The summed E-state index contributed by atoms with van der Waals surface area (Å²) >= 11 is 0. The quantitative estimate of drug-likeness (QED) is 0.574. The van der Waals surface area contributed by atoms with E-state index in [0.29, 0.717) is 18.1 Å². The summed E-state index contributed by atoms with van der Waals surface area (Å²) in [7, 11) is 0. The van der Waals surface area contributed by atoms with Crippen LogP contribution in [0.4, 0.5) is 0 Å². The van der Waals surface area contributed by atoms with Gasteiger partial charge in [-0.3, -0.25) is 9.58 Å². The van der Waals surface area contributed by atoms with Gasteiger partial charge in [0.15, 0.2) is 0 Å². The molecule has 1 saturated heterocycles. The van der Waals surface area contributed by atoms with Gasteiger partial charge in [0.25, 0.3) is 0 Å². The van der Waals surface area contributed by atoms with Crippen molar-refractivity contribution in [1.82, 2.24) is 29.2 Å². The van der Waals surface area contributed by atoms with Crippen LogP contribution in [0.25, 0.3) is 0 Å². The third kappa shape index (κ3) is 18.7. The molecule has 1 aliphatic heterocycles. The molecule has 0 unspecified atom stereocenters. The van der Waals surface area contributed by atoms with Gasteiger partial charge in [0, 0.05) is 43.6 Å². The minimum absolute atomic E-state index is 0.428. The lowest BCUT2D eigenvalue weighted by molar-refractivity contribution is 0.0238. The minimum Gasteiger partial charge on any atom is -0.379 e. The summed E-state index contributed by atoms with van der Waals surface area (Å²) < 4.78 is 9.07. The summed E-state index contributed by atoms with van der Waals surface area (Å²) in [4.78, 5) is 10.1. The van der Waals surface area contributed by atoms with E-state index in [1.165, 1.54) is 0 Å². The molecule has 2 aromatic heterocycles. The van der Waals surface area contributed by atoms with Crippen molar-refractivity contribution in [2.24, 2.45) is 0 Å². The lowest BCUT2D eigenvalue weighted by Crippen LogP contribution is -2.40. The Labute approximate surface area is 193 Å². The van der Waals surface area contributed by atoms with Gasteiger partial charge in [-0.15, -0.1) is 0 Å². The second kappa shape index (κ2) is 24.5. The van der Waals surface area contributed by atoms with Gasteiger partial charge >= 0.3 is 0 Å². The van der Waals surface area contributed by atoms with Crippen LogP contribution >= 0.6 is 0 Å². The Morgan fingerprint density at radius 3 is 1.48 bits per heavy atom. The maximum atomic E-state index is 5.21. The number of morpholine rings is 1. The van der Waals surface area contributed by atoms with Gasteiger partial charge in [-0.05, 0) is 41.5 Å². The number of aromatic nitrogens is 5. The predicted molar refractivity (Wildman–Crippen MR) is 135 cm³/mol. The Morgan fingerprint density at radius 2 is 1.26 bits per heavy atom. The van der Waals surface area contributed by atoms with Crippen LogP contribution in [0.5, 0.6) is 0 Å². The van der Waals surface area contributed by atoms with Crippen LogP contribution in [0.1, 0.15) is 95.2 Å². The van der Waals surface area contributed by atoms with Gasteiger partial charge in [-0.1, -0.05) is 41.5 Å². The van der Waals surface area contributed by atoms with E-state index in [4.69, 9.17) is 4.74 Å². The summed E-state index contributed by atoms with van der Waals surface area (Å²) in [6, 6.07) is 1.66. The van der Waals surface area contributed by atoms with Crippen molar-refractivity contribution in [3.63, 3.8) is 0 Å². The Bertz CT molecular complexity index is 480. The first-order valence-electron chi connectivity index (χ1n) is 12.0. The van der Waals surface area contributed by atoms with Crippen molar-refractivity contribution in [2.45, 2.75) is 101 Å². The molecule has 0 saturated carbocycles. The number of hydrogen-bond acceptors (Lipinski definition) is 5. The largest absolute Gasteiger partial charge is 0.379 e. The van der Waals surface area contributed by atoms with E-state index in [-0.39, 0.29) is 0 Å². The average Bonchev–Trinajstić information content (AvgIpc) is 3.54. The van der Waals surface area contributed by atoms with Crippen LogP contribution in [0.2, 0.25) is 0 Å².